The lowest BCUT2D eigenvalue weighted by Crippen LogP contribution is -2.21. The van der Waals surface area contributed by atoms with Crippen molar-refractivity contribution < 1.29 is 14.3 Å². The number of esters is 1. The Morgan fingerprint density at radius 2 is 2.24 bits per heavy atom. The number of rotatable bonds is 3. The van der Waals surface area contributed by atoms with Crippen molar-refractivity contribution in [3.05, 3.63) is 47.9 Å². The average molecular weight is 285 g/mol. The van der Waals surface area contributed by atoms with Gasteiger partial charge >= 0.3 is 5.97 Å². The Balaban J connectivity index is 1.83. The normalized spacial score (nSPS) is 16.5. The van der Waals surface area contributed by atoms with E-state index in [4.69, 9.17) is 4.74 Å². The van der Waals surface area contributed by atoms with Crippen LogP contribution in [0.5, 0.6) is 5.75 Å². The summed E-state index contributed by atoms with van der Waals surface area (Å²) in [5.74, 6) is 0.913. The second-order valence-electron chi connectivity index (χ2n) is 4.65. The van der Waals surface area contributed by atoms with Crippen LogP contribution in [-0.2, 0) is 4.74 Å². The summed E-state index contributed by atoms with van der Waals surface area (Å²) in [7, 11) is 1.32. The Morgan fingerprint density at radius 3 is 3.10 bits per heavy atom. The van der Waals surface area contributed by atoms with Gasteiger partial charge in [-0.15, -0.1) is 0 Å². The molecule has 0 spiro atoms. The molecule has 0 saturated carbocycles. The SMILES string of the molecule is COC(=O)c1cncc(NC2CCOc3ccccc32)n1. The van der Waals surface area contributed by atoms with Crippen molar-refractivity contribution in [2.45, 2.75) is 12.5 Å². The molecule has 1 aliphatic rings. The van der Waals surface area contributed by atoms with Crippen molar-refractivity contribution in [2.75, 3.05) is 19.0 Å². The highest BCUT2D eigenvalue weighted by Crippen LogP contribution is 2.33. The van der Waals surface area contributed by atoms with Crippen LogP contribution in [0.3, 0.4) is 0 Å². The maximum absolute atomic E-state index is 11.5. The number of carbonyl (C=O) groups excluding carboxylic acids is 1. The van der Waals surface area contributed by atoms with Gasteiger partial charge in [-0.1, -0.05) is 18.2 Å². The summed E-state index contributed by atoms with van der Waals surface area (Å²) in [5.41, 5.74) is 1.26. The molecule has 2 heterocycles. The van der Waals surface area contributed by atoms with Gasteiger partial charge in [-0.2, -0.15) is 0 Å². The molecule has 1 aromatic heterocycles. The molecule has 1 N–H and O–H groups in total. The van der Waals surface area contributed by atoms with Gasteiger partial charge < -0.3 is 14.8 Å². The van der Waals surface area contributed by atoms with Crippen molar-refractivity contribution in [3.8, 4) is 5.75 Å². The second-order valence-corrected chi connectivity index (χ2v) is 4.65. The summed E-state index contributed by atoms with van der Waals surface area (Å²) in [5, 5.41) is 3.30. The lowest BCUT2D eigenvalue weighted by atomic mass is 10.0. The van der Waals surface area contributed by atoms with Crippen LogP contribution < -0.4 is 10.1 Å². The first kappa shape index (κ1) is 13.4. The predicted octanol–water partition coefficient (Wildman–Crippen LogP) is 2.20. The number of aromatic nitrogens is 2. The van der Waals surface area contributed by atoms with E-state index in [1.165, 1.54) is 13.3 Å². The molecule has 0 aliphatic carbocycles. The number of fused-ring (bicyclic) bond motifs is 1. The first-order chi connectivity index (χ1) is 10.3. The molecule has 0 bridgehead atoms. The minimum absolute atomic E-state index is 0.0807. The molecule has 1 unspecified atom stereocenters. The Labute approximate surface area is 122 Å². The molecule has 0 fully saturated rings. The van der Waals surface area contributed by atoms with E-state index in [-0.39, 0.29) is 11.7 Å². The van der Waals surface area contributed by atoms with E-state index >= 15 is 0 Å². The van der Waals surface area contributed by atoms with Crippen molar-refractivity contribution >= 4 is 11.8 Å². The number of methoxy groups -OCH3 is 1. The average Bonchev–Trinajstić information content (AvgIpc) is 2.55. The summed E-state index contributed by atoms with van der Waals surface area (Å²) >= 11 is 0. The van der Waals surface area contributed by atoms with Crippen molar-refractivity contribution in [2.24, 2.45) is 0 Å². The third kappa shape index (κ3) is 2.79. The Kier molecular flexibility index (Phi) is 3.68. The molecule has 108 valence electrons. The summed E-state index contributed by atoms with van der Waals surface area (Å²) < 4.78 is 10.3. The fourth-order valence-corrected chi connectivity index (χ4v) is 2.31. The van der Waals surface area contributed by atoms with Gasteiger partial charge in [0.15, 0.2) is 5.69 Å². The zero-order chi connectivity index (χ0) is 14.7. The molecule has 6 nitrogen and oxygen atoms in total. The van der Waals surface area contributed by atoms with Crippen LogP contribution in [0.4, 0.5) is 5.82 Å². The van der Waals surface area contributed by atoms with E-state index in [0.29, 0.717) is 12.4 Å². The Hall–Kier alpha value is -2.63. The van der Waals surface area contributed by atoms with E-state index in [0.717, 1.165) is 17.7 Å². The Bertz CT molecular complexity index is 660. The first-order valence-electron chi connectivity index (χ1n) is 6.66. The van der Waals surface area contributed by atoms with Gasteiger partial charge in [0.05, 0.1) is 32.2 Å². The van der Waals surface area contributed by atoms with E-state index in [2.05, 4.69) is 20.0 Å². The van der Waals surface area contributed by atoms with Gasteiger partial charge in [-0.3, -0.25) is 4.98 Å². The fraction of sp³-hybridized carbons (Fsp3) is 0.267. The fourth-order valence-electron chi connectivity index (χ4n) is 2.31. The van der Waals surface area contributed by atoms with Crippen LogP contribution in [0.15, 0.2) is 36.7 Å². The number of hydrogen-bond acceptors (Lipinski definition) is 6. The molecule has 21 heavy (non-hydrogen) atoms. The van der Waals surface area contributed by atoms with Gasteiger partial charge in [0, 0.05) is 12.0 Å². The highest BCUT2D eigenvalue weighted by Gasteiger charge is 2.21. The molecule has 1 aliphatic heterocycles. The quantitative estimate of drug-likeness (QED) is 0.871. The van der Waals surface area contributed by atoms with Gasteiger partial charge in [-0.25, -0.2) is 9.78 Å². The van der Waals surface area contributed by atoms with Crippen LogP contribution in [0.1, 0.15) is 28.5 Å². The molecule has 0 amide bonds. The van der Waals surface area contributed by atoms with Gasteiger partial charge in [0.2, 0.25) is 0 Å². The zero-order valence-electron chi connectivity index (χ0n) is 11.6. The highest BCUT2D eigenvalue weighted by molar-refractivity contribution is 5.87. The van der Waals surface area contributed by atoms with Crippen molar-refractivity contribution in [1.29, 1.82) is 0 Å². The number of benzene rings is 1. The molecule has 0 radical (unpaired) electrons. The largest absolute Gasteiger partial charge is 0.493 e. The van der Waals surface area contributed by atoms with Gasteiger partial charge in [0.25, 0.3) is 0 Å². The van der Waals surface area contributed by atoms with E-state index < -0.39 is 5.97 Å². The topological polar surface area (TPSA) is 73.3 Å². The smallest absolute Gasteiger partial charge is 0.358 e. The molecule has 1 aromatic carbocycles. The molecule has 2 aromatic rings. The number of carbonyl (C=O) groups is 1. The van der Waals surface area contributed by atoms with Crippen LogP contribution in [0.2, 0.25) is 0 Å². The molecular weight excluding hydrogens is 270 g/mol. The number of nitrogens with zero attached hydrogens (tertiary/aromatic N) is 2. The summed E-state index contributed by atoms with van der Waals surface area (Å²) in [6.45, 7) is 0.638. The van der Waals surface area contributed by atoms with Gasteiger partial charge in [-0.05, 0) is 6.07 Å². The third-order valence-electron chi connectivity index (χ3n) is 3.31. The molecular formula is C15H15N3O3. The second kappa shape index (κ2) is 5.78. The van der Waals surface area contributed by atoms with Crippen molar-refractivity contribution in [3.63, 3.8) is 0 Å². The van der Waals surface area contributed by atoms with Crippen LogP contribution in [0.25, 0.3) is 0 Å². The lowest BCUT2D eigenvalue weighted by molar-refractivity contribution is 0.0593. The van der Waals surface area contributed by atoms with Crippen LogP contribution in [0, 0.1) is 0 Å². The number of nitrogens with one attached hydrogen (secondary N) is 1. The van der Waals surface area contributed by atoms with Gasteiger partial charge in [0.1, 0.15) is 11.6 Å². The van der Waals surface area contributed by atoms with Crippen LogP contribution in [-0.4, -0.2) is 29.7 Å². The summed E-state index contributed by atoms with van der Waals surface area (Å²) in [6.07, 6.45) is 3.79. The maximum Gasteiger partial charge on any atom is 0.358 e. The maximum atomic E-state index is 11.5. The van der Waals surface area contributed by atoms with E-state index in [9.17, 15) is 4.79 Å². The monoisotopic (exact) mass is 285 g/mol. The van der Waals surface area contributed by atoms with E-state index in [1.807, 2.05) is 24.3 Å². The molecule has 1 atom stereocenters. The molecule has 3 rings (SSSR count). The Morgan fingerprint density at radius 1 is 1.38 bits per heavy atom. The number of ether oxygens (including phenoxy) is 2. The zero-order valence-corrected chi connectivity index (χ0v) is 11.6. The standard InChI is InChI=1S/C15H15N3O3/c1-20-15(19)12-8-16-9-14(18-12)17-11-6-7-21-13-5-3-2-4-10(11)13/h2-5,8-9,11H,6-7H2,1H3,(H,17,18). The van der Waals surface area contributed by atoms with Crippen molar-refractivity contribution in [1.82, 2.24) is 9.97 Å². The minimum atomic E-state index is -0.501. The summed E-state index contributed by atoms with van der Waals surface area (Å²) in [4.78, 5) is 19.7. The third-order valence-corrected chi connectivity index (χ3v) is 3.31. The number of anilines is 1. The predicted molar refractivity (Wildman–Crippen MR) is 76.3 cm³/mol. The lowest BCUT2D eigenvalue weighted by Gasteiger charge is -2.26. The molecule has 6 heteroatoms. The van der Waals surface area contributed by atoms with E-state index in [1.54, 1.807) is 6.20 Å². The summed E-state index contributed by atoms with van der Waals surface area (Å²) in [6, 6.07) is 7.96. The number of para-hydroxylation sites is 1. The molecule has 0 saturated heterocycles. The minimum Gasteiger partial charge on any atom is -0.493 e. The number of hydrogen-bond donors (Lipinski definition) is 1. The first-order valence-corrected chi connectivity index (χ1v) is 6.66. The van der Waals surface area contributed by atoms with Crippen LogP contribution >= 0.6 is 0 Å². The highest BCUT2D eigenvalue weighted by atomic mass is 16.5.